The van der Waals surface area contributed by atoms with Crippen LogP contribution in [-0.2, 0) is 19.4 Å². The molecule has 0 spiro atoms. The molecule has 0 radical (unpaired) electrons. The lowest BCUT2D eigenvalue weighted by Gasteiger charge is -2.27. The van der Waals surface area contributed by atoms with Crippen LogP contribution in [0.25, 0.3) is 0 Å². The van der Waals surface area contributed by atoms with Crippen LogP contribution in [0.3, 0.4) is 0 Å². The summed E-state index contributed by atoms with van der Waals surface area (Å²) in [5.74, 6) is -1.22. The standard InChI is InChI=1S/C15H31NO4S/c1-7-10-12(16-9-3)13(8-2)21(18,19)11-14(17)20-15(4,5)6/h12-13,16H,7-11H2,1-6H3. The molecule has 2 unspecified atom stereocenters. The maximum atomic E-state index is 12.5. The van der Waals surface area contributed by atoms with E-state index in [1.807, 2.05) is 20.8 Å². The van der Waals surface area contributed by atoms with Gasteiger partial charge in [-0.2, -0.15) is 0 Å². The first-order valence-electron chi connectivity index (χ1n) is 7.74. The number of hydrogen-bond acceptors (Lipinski definition) is 5. The second-order valence-corrected chi connectivity index (χ2v) is 8.51. The van der Waals surface area contributed by atoms with Crippen molar-refractivity contribution in [3.05, 3.63) is 0 Å². The van der Waals surface area contributed by atoms with E-state index in [2.05, 4.69) is 5.32 Å². The van der Waals surface area contributed by atoms with E-state index in [0.717, 1.165) is 12.8 Å². The number of carbonyl (C=O) groups excluding carboxylic acids is 1. The molecule has 0 bridgehead atoms. The molecule has 0 amide bonds. The Morgan fingerprint density at radius 2 is 1.76 bits per heavy atom. The zero-order chi connectivity index (χ0) is 16.7. The molecule has 0 saturated heterocycles. The van der Waals surface area contributed by atoms with Crippen LogP contribution >= 0.6 is 0 Å². The minimum Gasteiger partial charge on any atom is -0.459 e. The van der Waals surface area contributed by atoms with Gasteiger partial charge in [-0.3, -0.25) is 4.79 Å². The second kappa shape index (κ2) is 8.73. The van der Waals surface area contributed by atoms with E-state index in [-0.39, 0.29) is 6.04 Å². The third kappa shape index (κ3) is 7.81. The highest BCUT2D eigenvalue weighted by atomic mass is 32.2. The second-order valence-electron chi connectivity index (χ2n) is 6.29. The Morgan fingerprint density at radius 1 is 1.19 bits per heavy atom. The van der Waals surface area contributed by atoms with E-state index in [9.17, 15) is 13.2 Å². The van der Waals surface area contributed by atoms with Crippen molar-refractivity contribution >= 4 is 15.8 Å². The average molecular weight is 321 g/mol. The van der Waals surface area contributed by atoms with Gasteiger partial charge in [-0.15, -0.1) is 0 Å². The van der Waals surface area contributed by atoms with E-state index in [1.54, 1.807) is 20.8 Å². The lowest BCUT2D eigenvalue weighted by molar-refractivity contribution is -0.151. The maximum Gasteiger partial charge on any atom is 0.321 e. The van der Waals surface area contributed by atoms with Gasteiger partial charge < -0.3 is 10.1 Å². The van der Waals surface area contributed by atoms with Crippen LogP contribution in [0.5, 0.6) is 0 Å². The van der Waals surface area contributed by atoms with Crippen LogP contribution in [0, 0.1) is 0 Å². The summed E-state index contributed by atoms with van der Waals surface area (Å²) in [5, 5.41) is 2.68. The highest BCUT2D eigenvalue weighted by Gasteiger charge is 2.34. The number of nitrogens with one attached hydrogen (secondary N) is 1. The Labute approximate surface area is 129 Å². The topological polar surface area (TPSA) is 72.5 Å². The molecule has 0 aliphatic heterocycles. The van der Waals surface area contributed by atoms with Gasteiger partial charge in [0.25, 0.3) is 0 Å². The van der Waals surface area contributed by atoms with Gasteiger partial charge in [-0.25, -0.2) is 8.42 Å². The minimum atomic E-state index is -3.52. The van der Waals surface area contributed by atoms with Crippen molar-refractivity contribution < 1.29 is 17.9 Å². The summed E-state index contributed by atoms with van der Waals surface area (Å²) in [6.07, 6.45) is 2.17. The first-order valence-corrected chi connectivity index (χ1v) is 9.45. The number of esters is 1. The average Bonchev–Trinajstić information content (AvgIpc) is 2.26. The molecule has 5 nitrogen and oxygen atoms in total. The quantitative estimate of drug-likeness (QED) is 0.660. The van der Waals surface area contributed by atoms with Crippen molar-refractivity contribution in [2.75, 3.05) is 12.3 Å². The molecule has 0 heterocycles. The van der Waals surface area contributed by atoms with Crippen molar-refractivity contribution in [2.45, 2.75) is 77.7 Å². The number of hydrogen-bond donors (Lipinski definition) is 1. The molecule has 126 valence electrons. The van der Waals surface area contributed by atoms with Crippen molar-refractivity contribution in [2.24, 2.45) is 0 Å². The van der Waals surface area contributed by atoms with Crippen LogP contribution in [0.4, 0.5) is 0 Å². The van der Waals surface area contributed by atoms with Crippen LogP contribution in [0.1, 0.15) is 60.8 Å². The Balaban J connectivity index is 5.01. The third-order valence-corrected chi connectivity index (χ3v) is 5.34. The Morgan fingerprint density at radius 3 is 2.14 bits per heavy atom. The maximum absolute atomic E-state index is 12.5. The van der Waals surface area contributed by atoms with E-state index in [0.29, 0.717) is 13.0 Å². The first-order chi connectivity index (χ1) is 9.57. The molecule has 0 aromatic rings. The molecule has 21 heavy (non-hydrogen) atoms. The molecule has 0 saturated carbocycles. The fourth-order valence-electron chi connectivity index (χ4n) is 2.42. The third-order valence-electron chi connectivity index (χ3n) is 3.12. The summed E-state index contributed by atoms with van der Waals surface area (Å²) >= 11 is 0. The van der Waals surface area contributed by atoms with Gasteiger partial charge in [-0.05, 0) is 40.2 Å². The Bertz CT molecular complexity index is 406. The van der Waals surface area contributed by atoms with Crippen LogP contribution in [0.2, 0.25) is 0 Å². The van der Waals surface area contributed by atoms with Crippen molar-refractivity contribution in [1.82, 2.24) is 5.32 Å². The minimum absolute atomic E-state index is 0.113. The Hall–Kier alpha value is -0.620. The lowest BCUT2D eigenvalue weighted by Crippen LogP contribution is -2.46. The van der Waals surface area contributed by atoms with Gasteiger partial charge in [0.1, 0.15) is 11.4 Å². The smallest absolute Gasteiger partial charge is 0.321 e. The molecule has 0 aliphatic rings. The molecule has 1 N–H and O–H groups in total. The monoisotopic (exact) mass is 321 g/mol. The van der Waals surface area contributed by atoms with Crippen molar-refractivity contribution in [1.29, 1.82) is 0 Å². The molecule has 6 heteroatoms. The molecular formula is C15H31NO4S. The van der Waals surface area contributed by atoms with E-state index in [1.165, 1.54) is 0 Å². The summed E-state index contributed by atoms with van der Waals surface area (Å²) < 4.78 is 30.1. The largest absolute Gasteiger partial charge is 0.459 e. The van der Waals surface area contributed by atoms with Crippen LogP contribution < -0.4 is 5.32 Å². The van der Waals surface area contributed by atoms with Crippen molar-refractivity contribution in [3.8, 4) is 0 Å². The van der Waals surface area contributed by atoms with Gasteiger partial charge in [0.05, 0.1) is 5.25 Å². The molecule has 0 aliphatic carbocycles. The van der Waals surface area contributed by atoms with Crippen LogP contribution in [0.15, 0.2) is 0 Å². The normalized spacial score (nSPS) is 15.5. The highest BCUT2D eigenvalue weighted by molar-refractivity contribution is 7.92. The Kier molecular flexibility index (Phi) is 8.48. The van der Waals surface area contributed by atoms with Gasteiger partial charge >= 0.3 is 5.97 Å². The van der Waals surface area contributed by atoms with Gasteiger partial charge in [0, 0.05) is 6.04 Å². The molecule has 0 aromatic carbocycles. The fraction of sp³-hybridized carbons (Fsp3) is 0.933. The van der Waals surface area contributed by atoms with E-state index in [4.69, 9.17) is 4.74 Å². The van der Waals surface area contributed by atoms with Crippen LogP contribution in [-0.4, -0.2) is 43.6 Å². The van der Waals surface area contributed by atoms with Gasteiger partial charge in [-0.1, -0.05) is 27.2 Å². The molecule has 0 fully saturated rings. The predicted molar refractivity (Wildman–Crippen MR) is 86.1 cm³/mol. The first kappa shape index (κ1) is 20.4. The fourth-order valence-corrected chi connectivity index (χ4v) is 4.27. The summed E-state index contributed by atoms with van der Waals surface area (Å²) in [6.45, 7) is 11.7. The SMILES string of the molecule is CCCC(NCC)C(CC)S(=O)(=O)CC(=O)OC(C)(C)C. The number of ether oxygens (including phenoxy) is 1. The number of sulfone groups is 1. The zero-order valence-corrected chi connectivity index (χ0v) is 15.0. The van der Waals surface area contributed by atoms with E-state index >= 15 is 0 Å². The molecule has 0 aromatic heterocycles. The summed E-state index contributed by atoms with van der Waals surface area (Å²) in [5.41, 5.74) is -0.668. The zero-order valence-electron chi connectivity index (χ0n) is 14.2. The van der Waals surface area contributed by atoms with Gasteiger partial charge in [0.15, 0.2) is 9.84 Å². The predicted octanol–water partition coefficient (Wildman–Crippen LogP) is 2.30. The van der Waals surface area contributed by atoms with E-state index < -0.39 is 32.4 Å². The number of rotatable bonds is 9. The highest BCUT2D eigenvalue weighted by Crippen LogP contribution is 2.17. The summed E-state index contributed by atoms with van der Waals surface area (Å²) in [6, 6.07) is -0.113. The lowest BCUT2D eigenvalue weighted by atomic mass is 10.1. The molecule has 2 atom stereocenters. The van der Waals surface area contributed by atoms with Gasteiger partial charge in [0.2, 0.25) is 0 Å². The summed E-state index contributed by atoms with van der Waals surface area (Å²) in [4.78, 5) is 11.8. The summed E-state index contributed by atoms with van der Waals surface area (Å²) in [7, 11) is -3.52. The molecule has 0 rings (SSSR count). The molecular weight excluding hydrogens is 290 g/mol. The van der Waals surface area contributed by atoms with Crippen molar-refractivity contribution in [3.63, 3.8) is 0 Å². The number of carbonyl (C=O) groups is 1.